The first-order chi connectivity index (χ1) is 36.3. The second-order valence-electron chi connectivity index (χ2n) is 21.7. The van der Waals surface area contributed by atoms with Gasteiger partial charge in [0.25, 0.3) is 0 Å². The van der Waals surface area contributed by atoms with Gasteiger partial charge in [0.1, 0.15) is 0 Å². The lowest BCUT2D eigenvalue weighted by Crippen LogP contribution is -2.26. The second-order valence-corrected chi connectivity index (χ2v) is 21.7. The van der Waals surface area contributed by atoms with Crippen LogP contribution in [0.5, 0.6) is 0 Å². The summed E-state index contributed by atoms with van der Waals surface area (Å²) in [7, 11) is 0. The lowest BCUT2D eigenvalue weighted by Gasteiger charge is -2.35. The molecule has 2 aliphatic heterocycles. The summed E-state index contributed by atoms with van der Waals surface area (Å²) in [6.45, 7) is 7.24. The highest BCUT2D eigenvalue weighted by molar-refractivity contribution is 6.03. The molecule has 0 saturated carbocycles. The van der Waals surface area contributed by atoms with Gasteiger partial charge >= 0.3 is 0 Å². The minimum Gasteiger partial charge on any atom is -0.308 e. The minimum absolute atomic E-state index is 0.183. The van der Waals surface area contributed by atoms with E-state index in [1.165, 1.54) is 106 Å². The fraction of sp³-hybridized carbons (Fsp3) is 0.0833. The van der Waals surface area contributed by atoms with Crippen LogP contribution in [0.1, 0.15) is 70.8 Å². The van der Waals surface area contributed by atoms with Crippen molar-refractivity contribution < 1.29 is 0 Å². The highest BCUT2D eigenvalue weighted by atomic mass is 15.2. The van der Waals surface area contributed by atoms with Crippen molar-refractivity contribution in [3.63, 3.8) is 0 Å². The van der Waals surface area contributed by atoms with Crippen molar-refractivity contribution in [2.24, 2.45) is 0 Å². The smallest absolute Gasteiger partial charge is 0.0725 e. The average molecular weight is 943 g/mol. The Bertz CT molecular complexity index is 4160. The maximum Gasteiger partial charge on any atom is 0.0725 e. The van der Waals surface area contributed by atoms with Crippen molar-refractivity contribution in [2.45, 2.75) is 37.0 Å². The fourth-order valence-corrected chi connectivity index (χ4v) is 14.6. The fourth-order valence-electron chi connectivity index (χ4n) is 14.6. The molecule has 6 bridgehead atoms. The summed E-state index contributed by atoms with van der Waals surface area (Å²) in [5.74, 6) is 0. The molecule has 2 heteroatoms. The van der Waals surface area contributed by atoms with Gasteiger partial charge in [-0.3, -0.25) is 0 Å². The van der Waals surface area contributed by atoms with E-state index < -0.39 is 10.8 Å². The van der Waals surface area contributed by atoms with Gasteiger partial charge in [-0.15, -0.1) is 0 Å². The summed E-state index contributed by atoms with van der Waals surface area (Å²) in [5, 5.41) is 0. The number of fused-ring (bicyclic) bond motifs is 14. The molecule has 0 fully saturated rings. The molecule has 0 radical (unpaired) electrons. The largest absolute Gasteiger partial charge is 0.308 e. The van der Waals surface area contributed by atoms with E-state index in [9.17, 15) is 0 Å². The van der Waals surface area contributed by atoms with Crippen molar-refractivity contribution in [2.75, 3.05) is 9.80 Å². The van der Waals surface area contributed by atoms with E-state index in [-0.39, 0.29) is 5.41 Å². The molecule has 0 saturated heterocycles. The maximum absolute atomic E-state index is 2.59. The Labute approximate surface area is 433 Å². The third kappa shape index (κ3) is 5.24. The Hall–Kier alpha value is -8.98. The average Bonchev–Trinajstić information content (AvgIpc) is 4.09. The zero-order chi connectivity index (χ0) is 49.1. The standard InChI is InChI=1S/C72H50N2/c1-70(2)59-28-14-10-23-52(59)56-37-35-49(43-65(56)70)74(48-21-8-5-9-22-48)68-41-45-33-40-67(68)73(47-19-6-4-7-20-47)50-36-38-57-53-24-11-15-29-60(53)71(3,66(57)44-50)46-34-39-63-58(42-46)69-51(45)27-18-32-64(69)72(63)61-30-16-12-25-54(61)55-26-13-17-31-62(55)72/h4-44H,1-3H3. The van der Waals surface area contributed by atoms with Crippen molar-refractivity contribution in [3.05, 3.63) is 299 Å². The topological polar surface area (TPSA) is 6.48 Å². The van der Waals surface area contributed by atoms with E-state index in [4.69, 9.17) is 0 Å². The molecule has 0 N–H and O–H groups in total. The van der Waals surface area contributed by atoms with Gasteiger partial charge in [-0.1, -0.05) is 196 Å². The Morgan fingerprint density at radius 1 is 0.324 bits per heavy atom. The van der Waals surface area contributed by atoms with Crippen LogP contribution >= 0.6 is 0 Å². The molecule has 74 heavy (non-hydrogen) atoms. The third-order valence-corrected chi connectivity index (χ3v) is 17.9. The lowest BCUT2D eigenvalue weighted by atomic mass is 9.69. The molecule has 348 valence electrons. The predicted octanol–water partition coefficient (Wildman–Crippen LogP) is 18.6. The summed E-state index contributed by atoms with van der Waals surface area (Å²) in [4.78, 5) is 5.02. The molecule has 4 aliphatic carbocycles. The zero-order valence-electron chi connectivity index (χ0n) is 41.6. The number of nitrogens with zero attached hydrogens (tertiary/aromatic N) is 2. The summed E-state index contributed by atoms with van der Waals surface area (Å²) in [6, 6.07) is 94.8. The highest BCUT2D eigenvalue weighted by Crippen LogP contribution is 2.66. The summed E-state index contributed by atoms with van der Waals surface area (Å²) >= 11 is 0. The molecule has 17 rings (SSSR count). The van der Waals surface area contributed by atoms with Crippen LogP contribution in [0, 0.1) is 0 Å². The Kier molecular flexibility index (Phi) is 8.33. The van der Waals surface area contributed by atoms with Crippen molar-refractivity contribution in [1.82, 2.24) is 0 Å². The van der Waals surface area contributed by atoms with Crippen LogP contribution in [-0.4, -0.2) is 0 Å². The van der Waals surface area contributed by atoms with E-state index in [0.29, 0.717) is 0 Å². The monoisotopic (exact) mass is 942 g/mol. The summed E-state index contributed by atoms with van der Waals surface area (Å²) < 4.78 is 0. The number of rotatable bonds is 4. The number of anilines is 6. The molecule has 1 atom stereocenters. The third-order valence-electron chi connectivity index (χ3n) is 17.9. The first-order valence-electron chi connectivity index (χ1n) is 26.2. The molecule has 2 heterocycles. The quantitative estimate of drug-likeness (QED) is 0.173. The highest BCUT2D eigenvalue weighted by Gasteiger charge is 2.53. The van der Waals surface area contributed by atoms with Gasteiger partial charge in [-0.05, 0) is 179 Å². The Morgan fingerprint density at radius 3 is 1.61 bits per heavy atom. The van der Waals surface area contributed by atoms with E-state index in [1.807, 2.05) is 0 Å². The normalized spacial score (nSPS) is 16.6. The first kappa shape index (κ1) is 41.6. The van der Waals surface area contributed by atoms with Crippen LogP contribution in [0.2, 0.25) is 0 Å². The first-order valence-corrected chi connectivity index (χ1v) is 26.2. The van der Waals surface area contributed by atoms with Gasteiger partial charge < -0.3 is 9.80 Å². The molecule has 11 aromatic carbocycles. The van der Waals surface area contributed by atoms with E-state index >= 15 is 0 Å². The van der Waals surface area contributed by atoms with E-state index in [0.717, 1.165) is 34.1 Å². The Balaban J connectivity index is 1.05. The van der Waals surface area contributed by atoms with Crippen LogP contribution in [0.3, 0.4) is 0 Å². The van der Waals surface area contributed by atoms with Crippen molar-refractivity contribution in [1.29, 1.82) is 0 Å². The number of hydrogen-bond donors (Lipinski definition) is 0. The van der Waals surface area contributed by atoms with Crippen LogP contribution in [0.4, 0.5) is 34.1 Å². The SMILES string of the molecule is CC1(C)c2ccccc2-c2ccc(N(c3ccccc3)c3cc4ccc3N(c3ccccc3)c3ccc5c(c3)C(C)(c3ccc6c(c3)-c3c-4cccc3C63c4ccccc4-c4ccccc43)c3ccccc3-5)cc21. The number of para-hydroxylation sites is 2. The molecular weight excluding hydrogens is 893 g/mol. The lowest BCUT2D eigenvalue weighted by molar-refractivity contribution is 0.660. The van der Waals surface area contributed by atoms with Gasteiger partial charge in [0.05, 0.1) is 16.8 Å². The van der Waals surface area contributed by atoms with Gasteiger partial charge in [-0.25, -0.2) is 0 Å². The van der Waals surface area contributed by atoms with Crippen LogP contribution in [0.15, 0.2) is 249 Å². The molecule has 2 nitrogen and oxygen atoms in total. The van der Waals surface area contributed by atoms with Crippen LogP contribution < -0.4 is 9.80 Å². The van der Waals surface area contributed by atoms with Crippen LogP contribution in [-0.2, 0) is 16.2 Å². The van der Waals surface area contributed by atoms with Crippen molar-refractivity contribution in [3.8, 4) is 55.6 Å². The summed E-state index contributed by atoms with van der Waals surface area (Å²) in [6.07, 6.45) is 0. The number of benzene rings is 11. The van der Waals surface area contributed by atoms with Crippen LogP contribution in [0.25, 0.3) is 55.6 Å². The molecule has 0 amide bonds. The molecule has 11 aromatic rings. The summed E-state index contributed by atoms with van der Waals surface area (Å²) in [5.41, 5.74) is 30.3. The molecule has 1 unspecified atom stereocenters. The van der Waals surface area contributed by atoms with Crippen molar-refractivity contribution >= 4 is 34.1 Å². The molecule has 6 aliphatic rings. The maximum atomic E-state index is 2.59. The van der Waals surface area contributed by atoms with Gasteiger partial charge in [-0.2, -0.15) is 0 Å². The minimum atomic E-state index is -0.502. The van der Waals surface area contributed by atoms with Gasteiger partial charge in [0.2, 0.25) is 0 Å². The zero-order valence-corrected chi connectivity index (χ0v) is 41.6. The van der Waals surface area contributed by atoms with Gasteiger partial charge in [0.15, 0.2) is 0 Å². The number of hydrogen-bond acceptors (Lipinski definition) is 2. The predicted molar refractivity (Wildman–Crippen MR) is 306 cm³/mol. The molecular formula is C72H50N2. The van der Waals surface area contributed by atoms with E-state index in [2.05, 4.69) is 279 Å². The second kappa shape index (κ2) is 14.8. The molecule has 1 spiro atoms. The van der Waals surface area contributed by atoms with E-state index in [1.54, 1.807) is 0 Å². The van der Waals surface area contributed by atoms with Gasteiger partial charge in [0, 0.05) is 33.6 Å². The molecule has 0 aromatic heterocycles. The Morgan fingerprint density at radius 2 is 0.878 bits per heavy atom.